The van der Waals surface area contributed by atoms with Gasteiger partial charge in [-0.1, -0.05) is 0 Å². The Bertz CT molecular complexity index is 718. The number of carbonyl (C=O) groups excluding carboxylic acids is 1. The van der Waals surface area contributed by atoms with Crippen molar-refractivity contribution in [2.75, 3.05) is 11.1 Å². The van der Waals surface area contributed by atoms with Crippen molar-refractivity contribution in [3.05, 3.63) is 53.8 Å². The Balaban J connectivity index is 1.74. The predicted octanol–water partition coefficient (Wildman–Crippen LogP) is 2.16. The molecule has 3 aromatic rings. The van der Waals surface area contributed by atoms with Gasteiger partial charge in [0.1, 0.15) is 5.69 Å². The summed E-state index contributed by atoms with van der Waals surface area (Å²) in [5.41, 5.74) is 7.44. The standard InChI is InChI=1S/C13H11N5OS/c14-13-17-11(8-20-13)12(19)16-9-2-4-10(5-3-9)18-7-1-6-15-18/h1-8H,(H2,14,17)(H,16,19). The zero-order valence-electron chi connectivity index (χ0n) is 10.4. The van der Waals surface area contributed by atoms with E-state index in [0.29, 0.717) is 16.5 Å². The lowest BCUT2D eigenvalue weighted by atomic mass is 10.2. The van der Waals surface area contributed by atoms with Crippen molar-refractivity contribution < 1.29 is 4.79 Å². The smallest absolute Gasteiger partial charge is 0.275 e. The molecule has 100 valence electrons. The monoisotopic (exact) mass is 285 g/mol. The molecule has 2 heterocycles. The Morgan fingerprint density at radius 1 is 1.30 bits per heavy atom. The highest BCUT2D eigenvalue weighted by atomic mass is 32.1. The van der Waals surface area contributed by atoms with Crippen molar-refractivity contribution in [2.45, 2.75) is 0 Å². The molecule has 0 saturated heterocycles. The number of aromatic nitrogens is 3. The highest BCUT2D eigenvalue weighted by Gasteiger charge is 2.09. The third-order valence-corrected chi connectivity index (χ3v) is 3.32. The molecule has 0 spiro atoms. The zero-order valence-corrected chi connectivity index (χ0v) is 11.2. The molecule has 3 N–H and O–H groups in total. The maximum atomic E-state index is 11.9. The molecule has 0 aliphatic carbocycles. The summed E-state index contributed by atoms with van der Waals surface area (Å²) in [5, 5.41) is 8.90. The van der Waals surface area contributed by atoms with Gasteiger partial charge in [0, 0.05) is 23.5 Å². The number of hydrogen-bond donors (Lipinski definition) is 2. The predicted molar refractivity (Wildman–Crippen MR) is 78.0 cm³/mol. The first-order chi connectivity index (χ1) is 9.72. The topological polar surface area (TPSA) is 85.8 Å². The molecule has 0 fully saturated rings. The molecule has 0 radical (unpaired) electrons. The first-order valence-electron chi connectivity index (χ1n) is 5.85. The Labute approximate surface area is 118 Å². The highest BCUT2D eigenvalue weighted by Crippen LogP contribution is 2.15. The fourth-order valence-corrected chi connectivity index (χ4v) is 2.25. The Kier molecular flexibility index (Phi) is 3.18. The van der Waals surface area contributed by atoms with Gasteiger partial charge in [-0.2, -0.15) is 5.10 Å². The first-order valence-corrected chi connectivity index (χ1v) is 6.73. The van der Waals surface area contributed by atoms with Gasteiger partial charge >= 0.3 is 0 Å². The van der Waals surface area contributed by atoms with E-state index in [9.17, 15) is 4.79 Å². The first kappa shape index (κ1) is 12.4. The van der Waals surface area contributed by atoms with Gasteiger partial charge in [-0.25, -0.2) is 9.67 Å². The van der Waals surface area contributed by atoms with E-state index in [1.165, 1.54) is 11.3 Å². The summed E-state index contributed by atoms with van der Waals surface area (Å²) in [7, 11) is 0. The largest absolute Gasteiger partial charge is 0.375 e. The average Bonchev–Trinajstić information content (AvgIpc) is 3.10. The molecule has 0 unspecified atom stereocenters. The van der Waals surface area contributed by atoms with E-state index in [-0.39, 0.29) is 5.91 Å². The Hall–Kier alpha value is -2.67. The molecule has 20 heavy (non-hydrogen) atoms. The van der Waals surface area contributed by atoms with E-state index >= 15 is 0 Å². The van der Waals surface area contributed by atoms with Crippen LogP contribution in [0.4, 0.5) is 10.8 Å². The summed E-state index contributed by atoms with van der Waals surface area (Å²) in [4.78, 5) is 15.8. The van der Waals surface area contributed by atoms with Crippen LogP contribution < -0.4 is 11.1 Å². The van der Waals surface area contributed by atoms with Crippen molar-refractivity contribution in [1.29, 1.82) is 0 Å². The molecule has 3 rings (SSSR count). The second-order valence-electron chi connectivity index (χ2n) is 4.02. The molecule has 0 bridgehead atoms. The van der Waals surface area contributed by atoms with Crippen LogP contribution in [0.15, 0.2) is 48.1 Å². The van der Waals surface area contributed by atoms with Crippen LogP contribution in [0.1, 0.15) is 10.5 Å². The third-order valence-electron chi connectivity index (χ3n) is 2.65. The fraction of sp³-hybridized carbons (Fsp3) is 0. The van der Waals surface area contributed by atoms with Crippen LogP contribution in [0.5, 0.6) is 0 Å². The summed E-state index contributed by atoms with van der Waals surface area (Å²) in [6.07, 6.45) is 3.56. The molecule has 6 nitrogen and oxygen atoms in total. The number of nitrogens with zero attached hydrogens (tertiary/aromatic N) is 3. The molecule has 0 aliphatic heterocycles. The van der Waals surface area contributed by atoms with Crippen molar-refractivity contribution in [2.24, 2.45) is 0 Å². The molecule has 1 aromatic carbocycles. The van der Waals surface area contributed by atoms with Gasteiger partial charge in [0.15, 0.2) is 5.13 Å². The van der Waals surface area contributed by atoms with Crippen LogP contribution in [0.25, 0.3) is 5.69 Å². The number of nitrogens with two attached hydrogens (primary N) is 1. The van der Waals surface area contributed by atoms with Crippen LogP contribution in [0.2, 0.25) is 0 Å². The van der Waals surface area contributed by atoms with Crippen LogP contribution in [0.3, 0.4) is 0 Å². The number of rotatable bonds is 3. The molecule has 2 aromatic heterocycles. The van der Waals surface area contributed by atoms with E-state index < -0.39 is 0 Å². The molecule has 7 heteroatoms. The SMILES string of the molecule is Nc1nc(C(=O)Nc2ccc(-n3cccn3)cc2)cs1. The second kappa shape index (κ2) is 5.14. The third kappa shape index (κ3) is 2.52. The summed E-state index contributed by atoms with van der Waals surface area (Å²) in [6, 6.07) is 9.22. The summed E-state index contributed by atoms with van der Waals surface area (Å²) < 4.78 is 1.74. The van der Waals surface area contributed by atoms with E-state index in [0.717, 1.165) is 5.69 Å². The van der Waals surface area contributed by atoms with Crippen molar-refractivity contribution in [1.82, 2.24) is 14.8 Å². The van der Waals surface area contributed by atoms with Gasteiger partial charge < -0.3 is 11.1 Å². The van der Waals surface area contributed by atoms with Crippen molar-refractivity contribution in [3.8, 4) is 5.69 Å². The number of nitrogens with one attached hydrogen (secondary N) is 1. The molecule has 0 aliphatic rings. The molecule has 1 amide bonds. The number of anilines is 2. The van der Waals surface area contributed by atoms with Crippen molar-refractivity contribution >= 4 is 28.1 Å². The van der Waals surface area contributed by atoms with Gasteiger partial charge in [0.2, 0.25) is 0 Å². The number of benzene rings is 1. The lowest BCUT2D eigenvalue weighted by Crippen LogP contribution is -2.12. The minimum absolute atomic E-state index is 0.273. The zero-order chi connectivity index (χ0) is 13.9. The number of hydrogen-bond acceptors (Lipinski definition) is 5. The van der Waals surface area contributed by atoms with Gasteiger partial charge in [0.25, 0.3) is 5.91 Å². The van der Waals surface area contributed by atoms with Crippen LogP contribution >= 0.6 is 11.3 Å². The minimum atomic E-state index is -0.273. The molecule has 0 atom stereocenters. The van der Waals surface area contributed by atoms with Crippen LogP contribution in [-0.2, 0) is 0 Å². The normalized spacial score (nSPS) is 10.4. The fourth-order valence-electron chi connectivity index (χ4n) is 1.71. The van der Waals surface area contributed by atoms with Crippen LogP contribution in [0, 0.1) is 0 Å². The number of nitrogen functional groups attached to an aromatic ring is 1. The minimum Gasteiger partial charge on any atom is -0.375 e. The lowest BCUT2D eigenvalue weighted by molar-refractivity contribution is 0.102. The Morgan fingerprint density at radius 3 is 2.70 bits per heavy atom. The maximum absolute atomic E-state index is 11.9. The van der Waals surface area contributed by atoms with Gasteiger partial charge in [-0.05, 0) is 30.3 Å². The van der Waals surface area contributed by atoms with E-state index in [1.807, 2.05) is 36.5 Å². The molecular weight excluding hydrogens is 274 g/mol. The number of amides is 1. The van der Waals surface area contributed by atoms with Gasteiger partial charge in [-0.3, -0.25) is 4.79 Å². The molecule has 0 saturated carbocycles. The average molecular weight is 285 g/mol. The number of carbonyl (C=O) groups is 1. The van der Waals surface area contributed by atoms with E-state index in [2.05, 4.69) is 15.4 Å². The quantitative estimate of drug-likeness (QED) is 0.772. The number of thiazole rings is 1. The van der Waals surface area contributed by atoms with Gasteiger partial charge in [-0.15, -0.1) is 11.3 Å². The summed E-state index contributed by atoms with van der Waals surface area (Å²) >= 11 is 1.24. The summed E-state index contributed by atoms with van der Waals surface area (Å²) in [5.74, 6) is -0.273. The van der Waals surface area contributed by atoms with Crippen LogP contribution in [-0.4, -0.2) is 20.7 Å². The van der Waals surface area contributed by atoms with E-state index in [1.54, 1.807) is 16.3 Å². The second-order valence-corrected chi connectivity index (χ2v) is 4.91. The lowest BCUT2D eigenvalue weighted by Gasteiger charge is -2.05. The van der Waals surface area contributed by atoms with E-state index in [4.69, 9.17) is 5.73 Å². The van der Waals surface area contributed by atoms with Gasteiger partial charge in [0.05, 0.1) is 5.69 Å². The summed E-state index contributed by atoms with van der Waals surface area (Å²) in [6.45, 7) is 0. The Morgan fingerprint density at radius 2 is 2.10 bits per heavy atom. The van der Waals surface area contributed by atoms with Crippen molar-refractivity contribution in [3.63, 3.8) is 0 Å². The highest BCUT2D eigenvalue weighted by molar-refractivity contribution is 7.13. The maximum Gasteiger partial charge on any atom is 0.275 e. The molecular formula is C13H11N5OS.